The number of nitrogens with zero attached hydrogens (tertiary/aromatic N) is 4. The van der Waals surface area contributed by atoms with Crippen molar-refractivity contribution >= 4 is 39.8 Å². The highest BCUT2D eigenvalue weighted by Gasteiger charge is 2.29. The molecule has 3 heterocycles. The molecule has 0 spiro atoms. The number of hydrogen-bond acceptors (Lipinski definition) is 5. The average molecular weight is 523 g/mol. The van der Waals surface area contributed by atoms with Crippen LogP contribution in [0.2, 0.25) is 0 Å². The minimum atomic E-state index is -2.87. The number of rotatable bonds is 5. The SMILES string of the molecule is C=C(C)CN=C(NCC1CCS(=O)(=O)C1)N1CCOC(c2cnn(C)c2)C1.I. The molecule has 2 saturated heterocycles. The van der Waals surface area contributed by atoms with Gasteiger partial charge in [0, 0.05) is 31.9 Å². The molecule has 158 valence electrons. The van der Waals surface area contributed by atoms with E-state index in [2.05, 4.69) is 26.9 Å². The van der Waals surface area contributed by atoms with E-state index in [4.69, 9.17) is 4.74 Å². The van der Waals surface area contributed by atoms with Crippen LogP contribution in [0.5, 0.6) is 0 Å². The summed E-state index contributed by atoms with van der Waals surface area (Å²) in [6, 6.07) is 0. The van der Waals surface area contributed by atoms with E-state index < -0.39 is 9.84 Å². The number of hydrogen-bond donors (Lipinski definition) is 1. The minimum Gasteiger partial charge on any atom is -0.370 e. The molecule has 2 unspecified atom stereocenters. The second-order valence-electron chi connectivity index (χ2n) is 7.50. The lowest BCUT2D eigenvalue weighted by Gasteiger charge is -2.35. The largest absolute Gasteiger partial charge is 0.370 e. The van der Waals surface area contributed by atoms with Gasteiger partial charge in [0.05, 0.1) is 37.4 Å². The number of aromatic nitrogens is 2. The Balaban J connectivity index is 0.00000280. The Hall–Kier alpha value is -1.14. The van der Waals surface area contributed by atoms with Gasteiger partial charge >= 0.3 is 0 Å². The van der Waals surface area contributed by atoms with Crippen LogP contribution in [-0.2, 0) is 21.6 Å². The molecule has 1 aromatic rings. The van der Waals surface area contributed by atoms with Gasteiger partial charge in [-0.3, -0.25) is 4.68 Å². The first kappa shape index (κ1) is 23.1. The summed E-state index contributed by atoms with van der Waals surface area (Å²) in [5.41, 5.74) is 2.03. The minimum absolute atomic E-state index is 0. The van der Waals surface area contributed by atoms with E-state index in [1.54, 1.807) is 4.68 Å². The quantitative estimate of drug-likeness (QED) is 0.272. The van der Waals surface area contributed by atoms with Crippen molar-refractivity contribution < 1.29 is 13.2 Å². The Morgan fingerprint density at radius 1 is 1.50 bits per heavy atom. The average Bonchev–Trinajstić information content (AvgIpc) is 3.20. The highest BCUT2D eigenvalue weighted by Crippen LogP contribution is 2.22. The van der Waals surface area contributed by atoms with Crippen LogP contribution in [0.1, 0.15) is 25.0 Å². The number of ether oxygens (including phenoxy) is 1. The number of aryl methyl sites for hydroxylation is 1. The fourth-order valence-electron chi connectivity index (χ4n) is 3.40. The lowest BCUT2D eigenvalue weighted by Crippen LogP contribution is -2.49. The van der Waals surface area contributed by atoms with E-state index in [1.807, 2.05) is 26.4 Å². The molecule has 8 nitrogen and oxygen atoms in total. The number of halogens is 1. The summed E-state index contributed by atoms with van der Waals surface area (Å²) in [6.45, 7) is 9.05. The molecular weight excluding hydrogens is 493 g/mol. The highest BCUT2D eigenvalue weighted by atomic mass is 127. The molecule has 2 fully saturated rings. The highest BCUT2D eigenvalue weighted by molar-refractivity contribution is 14.0. The van der Waals surface area contributed by atoms with Gasteiger partial charge in [-0.2, -0.15) is 5.10 Å². The van der Waals surface area contributed by atoms with Crippen LogP contribution in [0, 0.1) is 5.92 Å². The summed E-state index contributed by atoms with van der Waals surface area (Å²) in [4.78, 5) is 6.86. The third-order valence-corrected chi connectivity index (χ3v) is 6.67. The Morgan fingerprint density at radius 2 is 2.29 bits per heavy atom. The molecule has 0 amide bonds. The van der Waals surface area contributed by atoms with Crippen molar-refractivity contribution in [3.05, 3.63) is 30.1 Å². The summed E-state index contributed by atoms with van der Waals surface area (Å²) in [7, 11) is -0.983. The van der Waals surface area contributed by atoms with Gasteiger partial charge < -0.3 is 15.0 Å². The zero-order valence-corrected chi connectivity index (χ0v) is 19.7. The van der Waals surface area contributed by atoms with Gasteiger partial charge in [-0.25, -0.2) is 13.4 Å². The molecule has 3 rings (SSSR count). The second-order valence-corrected chi connectivity index (χ2v) is 9.73. The fraction of sp³-hybridized carbons (Fsp3) is 0.667. The van der Waals surface area contributed by atoms with Gasteiger partial charge in [-0.1, -0.05) is 12.2 Å². The number of sulfone groups is 1. The summed E-state index contributed by atoms with van der Waals surface area (Å²) in [5, 5.41) is 7.62. The third kappa shape index (κ3) is 6.45. The van der Waals surface area contributed by atoms with Crippen molar-refractivity contribution in [1.82, 2.24) is 20.0 Å². The second kappa shape index (κ2) is 10.1. The van der Waals surface area contributed by atoms with Crippen molar-refractivity contribution in [1.29, 1.82) is 0 Å². The van der Waals surface area contributed by atoms with Crippen LogP contribution in [0.3, 0.4) is 0 Å². The van der Waals surface area contributed by atoms with E-state index in [0.717, 1.165) is 23.6 Å². The van der Waals surface area contributed by atoms with Crippen LogP contribution in [0.4, 0.5) is 0 Å². The smallest absolute Gasteiger partial charge is 0.194 e. The van der Waals surface area contributed by atoms with Gasteiger partial charge in [0.1, 0.15) is 6.10 Å². The zero-order valence-electron chi connectivity index (χ0n) is 16.5. The van der Waals surface area contributed by atoms with Gasteiger partial charge in [-0.15, -0.1) is 24.0 Å². The summed E-state index contributed by atoms with van der Waals surface area (Å²) >= 11 is 0. The first-order valence-corrected chi connectivity index (χ1v) is 11.1. The lowest BCUT2D eigenvalue weighted by molar-refractivity contribution is -0.00809. The van der Waals surface area contributed by atoms with Crippen LogP contribution in [-0.4, -0.2) is 73.3 Å². The predicted octanol–water partition coefficient (Wildman–Crippen LogP) is 1.37. The third-order valence-electron chi connectivity index (χ3n) is 4.84. The van der Waals surface area contributed by atoms with E-state index in [1.165, 1.54) is 0 Å². The molecule has 1 aromatic heterocycles. The molecule has 2 atom stereocenters. The summed E-state index contributed by atoms with van der Waals surface area (Å²) in [6.07, 6.45) is 4.45. The first-order valence-electron chi connectivity index (χ1n) is 9.30. The lowest BCUT2D eigenvalue weighted by atomic mass is 10.1. The Kier molecular flexibility index (Phi) is 8.31. The molecule has 2 aliphatic heterocycles. The Bertz CT molecular complexity index is 808. The number of guanidine groups is 1. The normalized spacial score (nSPS) is 24.6. The maximum atomic E-state index is 11.7. The van der Waals surface area contributed by atoms with Crippen molar-refractivity contribution in [2.75, 3.05) is 44.3 Å². The summed E-state index contributed by atoms with van der Waals surface area (Å²) < 4.78 is 31.1. The molecule has 0 bridgehead atoms. The monoisotopic (exact) mass is 523 g/mol. The maximum absolute atomic E-state index is 11.7. The first-order chi connectivity index (χ1) is 12.8. The number of morpholine rings is 1. The van der Waals surface area contributed by atoms with E-state index >= 15 is 0 Å². The van der Waals surface area contributed by atoms with Gasteiger partial charge in [-0.05, 0) is 19.3 Å². The van der Waals surface area contributed by atoms with E-state index in [9.17, 15) is 8.42 Å². The van der Waals surface area contributed by atoms with Crippen molar-refractivity contribution in [3.8, 4) is 0 Å². The van der Waals surface area contributed by atoms with Crippen molar-refractivity contribution in [2.45, 2.75) is 19.4 Å². The van der Waals surface area contributed by atoms with Gasteiger partial charge in [0.25, 0.3) is 0 Å². The summed E-state index contributed by atoms with van der Waals surface area (Å²) in [5.74, 6) is 1.48. The predicted molar refractivity (Wildman–Crippen MR) is 121 cm³/mol. The molecule has 0 saturated carbocycles. The molecule has 10 heteroatoms. The maximum Gasteiger partial charge on any atom is 0.194 e. The number of aliphatic imine (C=N–C) groups is 1. The van der Waals surface area contributed by atoms with Crippen LogP contribution in [0.25, 0.3) is 0 Å². The van der Waals surface area contributed by atoms with Crippen molar-refractivity contribution in [2.24, 2.45) is 18.0 Å². The molecule has 1 N–H and O–H groups in total. The molecule has 0 radical (unpaired) electrons. The Morgan fingerprint density at radius 3 is 2.89 bits per heavy atom. The molecule has 0 aromatic carbocycles. The molecule has 2 aliphatic rings. The topological polar surface area (TPSA) is 88.8 Å². The van der Waals surface area contributed by atoms with Gasteiger partial charge in [0.15, 0.2) is 15.8 Å². The number of nitrogens with one attached hydrogen (secondary N) is 1. The molecule has 28 heavy (non-hydrogen) atoms. The zero-order chi connectivity index (χ0) is 19.4. The van der Waals surface area contributed by atoms with Gasteiger partial charge in [0.2, 0.25) is 0 Å². The van der Waals surface area contributed by atoms with Crippen molar-refractivity contribution in [3.63, 3.8) is 0 Å². The fourth-order valence-corrected chi connectivity index (χ4v) is 5.26. The molecular formula is C18H30IN5O3S. The van der Waals surface area contributed by atoms with E-state index in [-0.39, 0.29) is 47.5 Å². The standard InChI is InChI=1S/C18H29N5O3S.HI/c1-14(2)8-19-18(20-9-15-4-7-27(24,25)13-15)23-5-6-26-17(12-23)16-10-21-22(3)11-16;/h10-11,15,17H,1,4-9,12-13H2,2-3H3,(H,19,20);1H. The van der Waals surface area contributed by atoms with Crippen LogP contribution in [0.15, 0.2) is 29.5 Å². The molecule has 0 aliphatic carbocycles. The van der Waals surface area contributed by atoms with Crippen LogP contribution < -0.4 is 5.32 Å². The van der Waals surface area contributed by atoms with E-state index in [0.29, 0.717) is 32.7 Å². The van der Waals surface area contributed by atoms with Crippen LogP contribution >= 0.6 is 24.0 Å². The Labute approximate surface area is 184 Å².